The van der Waals surface area contributed by atoms with Gasteiger partial charge in [-0.15, -0.1) is 5.10 Å². The molecule has 7 nitrogen and oxygen atoms in total. The molecule has 7 heteroatoms. The Hall–Kier alpha value is -2.44. The maximum atomic E-state index is 10.9. The number of aromatic carboxylic acids is 1. The molecule has 0 fully saturated rings. The average molecular weight is 233 g/mol. The van der Waals surface area contributed by atoms with Gasteiger partial charge in [0.1, 0.15) is 11.6 Å². The number of aromatic nitrogens is 4. The fraction of sp³-hybridized carbons (Fsp3) is 0.200. The molecule has 2 rings (SSSR count). The van der Waals surface area contributed by atoms with Crippen LogP contribution in [0.4, 0.5) is 5.69 Å². The maximum absolute atomic E-state index is 10.9. The summed E-state index contributed by atoms with van der Waals surface area (Å²) in [6.45, 7) is 3.48. The maximum Gasteiger partial charge on any atom is 0.337 e. The van der Waals surface area contributed by atoms with Crippen molar-refractivity contribution in [2.24, 2.45) is 0 Å². The van der Waals surface area contributed by atoms with Crippen molar-refractivity contribution in [2.75, 3.05) is 5.73 Å². The van der Waals surface area contributed by atoms with E-state index in [-0.39, 0.29) is 17.1 Å². The van der Waals surface area contributed by atoms with E-state index in [1.54, 1.807) is 13.8 Å². The van der Waals surface area contributed by atoms with Crippen LogP contribution in [0.1, 0.15) is 22.0 Å². The lowest BCUT2D eigenvalue weighted by Gasteiger charge is -2.07. The molecule has 0 saturated heterocycles. The zero-order chi connectivity index (χ0) is 12.6. The van der Waals surface area contributed by atoms with Gasteiger partial charge in [0, 0.05) is 6.20 Å². The normalized spacial score (nSPS) is 10.5. The van der Waals surface area contributed by atoms with Crippen LogP contribution < -0.4 is 5.73 Å². The summed E-state index contributed by atoms with van der Waals surface area (Å²) in [5.74, 6) is 0.359. The number of aryl methyl sites for hydroxylation is 2. The van der Waals surface area contributed by atoms with E-state index in [0.717, 1.165) is 0 Å². The molecule has 0 radical (unpaired) electrons. The molecule has 0 aliphatic heterocycles. The Morgan fingerprint density at radius 2 is 2.18 bits per heavy atom. The van der Waals surface area contributed by atoms with Gasteiger partial charge in [-0.25, -0.2) is 14.8 Å². The van der Waals surface area contributed by atoms with Gasteiger partial charge in [-0.3, -0.25) is 0 Å². The first kappa shape index (κ1) is 11.1. The smallest absolute Gasteiger partial charge is 0.337 e. The Bertz CT molecular complexity index is 590. The lowest BCUT2D eigenvalue weighted by atomic mass is 10.2. The number of carbonyl (C=O) groups is 1. The molecule has 2 aromatic rings. The minimum Gasteiger partial charge on any atom is -0.478 e. The molecule has 0 unspecified atom stereocenters. The first-order chi connectivity index (χ1) is 8.00. The van der Waals surface area contributed by atoms with Gasteiger partial charge in [0.15, 0.2) is 5.82 Å². The summed E-state index contributed by atoms with van der Waals surface area (Å²) in [5.41, 5.74) is 5.84. The van der Waals surface area contributed by atoms with Crippen LogP contribution >= 0.6 is 0 Å². The quantitative estimate of drug-likeness (QED) is 0.784. The molecule has 0 bridgehead atoms. The van der Waals surface area contributed by atoms with Gasteiger partial charge >= 0.3 is 5.97 Å². The number of rotatable bonds is 2. The molecule has 0 aliphatic carbocycles. The van der Waals surface area contributed by atoms with Gasteiger partial charge in [0.05, 0.1) is 11.3 Å². The highest BCUT2D eigenvalue weighted by Crippen LogP contribution is 2.19. The Morgan fingerprint density at radius 3 is 2.71 bits per heavy atom. The van der Waals surface area contributed by atoms with E-state index in [0.29, 0.717) is 11.6 Å². The van der Waals surface area contributed by atoms with Crippen molar-refractivity contribution in [1.29, 1.82) is 0 Å². The van der Waals surface area contributed by atoms with Crippen molar-refractivity contribution in [3.63, 3.8) is 0 Å². The van der Waals surface area contributed by atoms with E-state index < -0.39 is 5.97 Å². The highest BCUT2D eigenvalue weighted by Gasteiger charge is 2.16. The number of nitrogens with two attached hydrogens (primary N) is 1. The number of anilines is 1. The number of nitrogens with zero attached hydrogens (tertiary/aromatic N) is 4. The van der Waals surface area contributed by atoms with Gasteiger partial charge in [-0.05, 0) is 19.9 Å². The van der Waals surface area contributed by atoms with Crippen molar-refractivity contribution in [1.82, 2.24) is 19.7 Å². The van der Waals surface area contributed by atoms with E-state index in [2.05, 4.69) is 15.1 Å². The minimum absolute atomic E-state index is 0.00236. The SMILES string of the molecule is Cc1nc(C)n(-c2nccc(C(=O)O)c2N)n1. The number of pyridine rings is 1. The van der Waals surface area contributed by atoms with Crippen LogP contribution in [0, 0.1) is 13.8 Å². The summed E-state index contributed by atoms with van der Waals surface area (Å²) < 4.78 is 1.43. The van der Waals surface area contributed by atoms with Gasteiger partial charge in [0.2, 0.25) is 0 Å². The Kier molecular flexibility index (Phi) is 2.51. The van der Waals surface area contributed by atoms with Gasteiger partial charge in [0.25, 0.3) is 0 Å². The second-order valence-corrected chi connectivity index (χ2v) is 3.52. The molecule has 0 atom stereocenters. The number of carboxylic acid groups (broad SMARTS) is 1. The van der Waals surface area contributed by atoms with E-state index in [4.69, 9.17) is 10.8 Å². The fourth-order valence-electron chi connectivity index (χ4n) is 1.54. The topological polar surface area (TPSA) is 107 Å². The second-order valence-electron chi connectivity index (χ2n) is 3.52. The minimum atomic E-state index is -1.10. The highest BCUT2D eigenvalue weighted by molar-refractivity contribution is 5.95. The van der Waals surface area contributed by atoms with Crippen molar-refractivity contribution in [2.45, 2.75) is 13.8 Å². The van der Waals surface area contributed by atoms with Crippen molar-refractivity contribution >= 4 is 11.7 Å². The van der Waals surface area contributed by atoms with Gasteiger partial charge in [-0.2, -0.15) is 4.68 Å². The third-order valence-electron chi connectivity index (χ3n) is 2.27. The summed E-state index contributed by atoms with van der Waals surface area (Å²) in [7, 11) is 0. The van der Waals surface area contributed by atoms with E-state index >= 15 is 0 Å². The Labute approximate surface area is 96.9 Å². The molecule has 0 aromatic carbocycles. The monoisotopic (exact) mass is 233 g/mol. The van der Waals surface area contributed by atoms with Gasteiger partial charge in [-0.1, -0.05) is 0 Å². The largest absolute Gasteiger partial charge is 0.478 e. The predicted octanol–water partition coefficient (Wildman–Crippen LogP) is 0.560. The van der Waals surface area contributed by atoms with E-state index in [1.165, 1.54) is 16.9 Å². The first-order valence-corrected chi connectivity index (χ1v) is 4.89. The van der Waals surface area contributed by atoms with Crippen LogP contribution in [-0.2, 0) is 0 Å². The van der Waals surface area contributed by atoms with E-state index in [1.807, 2.05) is 0 Å². The van der Waals surface area contributed by atoms with E-state index in [9.17, 15) is 4.79 Å². The van der Waals surface area contributed by atoms with Crippen LogP contribution in [0.5, 0.6) is 0 Å². The number of hydrogen-bond donors (Lipinski definition) is 2. The summed E-state index contributed by atoms with van der Waals surface area (Å²) in [6.07, 6.45) is 1.38. The molecule has 0 aliphatic rings. The molecule has 3 N–H and O–H groups in total. The highest BCUT2D eigenvalue weighted by atomic mass is 16.4. The molecular formula is C10H11N5O2. The first-order valence-electron chi connectivity index (χ1n) is 4.89. The molecule has 88 valence electrons. The summed E-state index contributed by atoms with van der Waals surface area (Å²) in [6, 6.07) is 1.35. The molecule has 2 heterocycles. The Morgan fingerprint density at radius 1 is 1.47 bits per heavy atom. The molecule has 0 saturated carbocycles. The summed E-state index contributed by atoms with van der Waals surface area (Å²) >= 11 is 0. The fourth-order valence-corrected chi connectivity index (χ4v) is 1.54. The number of carboxylic acids is 1. The zero-order valence-electron chi connectivity index (χ0n) is 9.38. The molecule has 0 spiro atoms. The third-order valence-corrected chi connectivity index (χ3v) is 2.27. The zero-order valence-corrected chi connectivity index (χ0v) is 9.38. The van der Waals surface area contributed by atoms with Crippen LogP contribution in [-0.4, -0.2) is 30.8 Å². The van der Waals surface area contributed by atoms with Gasteiger partial charge < -0.3 is 10.8 Å². The lowest BCUT2D eigenvalue weighted by Crippen LogP contribution is -2.11. The van der Waals surface area contributed by atoms with Crippen molar-refractivity contribution in [3.8, 4) is 5.82 Å². The van der Waals surface area contributed by atoms with Crippen LogP contribution in [0.3, 0.4) is 0 Å². The predicted molar refractivity (Wildman–Crippen MR) is 60.0 cm³/mol. The van der Waals surface area contributed by atoms with Crippen molar-refractivity contribution < 1.29 is 9.90 Å². The van der Waals surface area contributed by atoms with Crippen LogP contribution in [0.15, 0.2) is 12.3 Å². The summed E-state index contributed by atoms with van der Waals surface area (Å²) in [4.78, 5) is 19.1. The second kappa shape index (κ2) is 3.85. The summed E-state index contributed by atoms with van der Waals surface area (Å²) in [5, 5.41) is 13.1. The molecule has 0 amide bonds. The molecule has 17 heavy (non-hydrogen) atoms. The number of nitrogen functional groups attached to an aromatic ring is 1. The Balaban J connectivity index is 2.64. The number of hydrogen-bond acceptors (Lipinski definition) is 5. The standard InChI is InChI=1S/C10H11N5O2/c1-5-13-6(2)15(14-5)9-8(11)7(10(16)17)3-4-12-9/h3-4H,11H2,1-2H3,(H,16,17). The van der Waals surface area contributed by atoms with Crippen LogP contribution in [0.25, 0.3) is 5.82 Å². The lowest BCUT2D eigenvalue weighted by molar-refractivity contribution is 0.0698. The average Bonchev–Trinajstić information content (AvgIpc) is 2.57. The molecular weight excluding hydrogens is 222 g/mol. The third kappa shape index (κ3) is 1.82. The van der Waals surface area contributed by atoms with Crippen molar-refractivity contribution in [3.05, 3.63) is 29.5 Å². The molecule has 2 aromatic heterocycles. The van der Waals surface area contributed by atoms with Crippen LogP contribution in [0.2, 0.25) is 0 Å².